The normalized spacial score (nSPS) is 14.9. The molecule has 2 aromatic rings. The van der Waals surface area contributed by atoms with Crippen LogP contribution in [0.1, 0.15) is 38.2 Å². The number of hydrogen-bond donors (Lipinski definition) is 1. The minimum absolute atomic E-state index is 0.151. The third-order valence-corrected chi connectivity index (χ3v) is 5.89. The van der Waals surface area contributed by atoms with Crippen LogP contribution in [-0.4, -0.2) is 35.4 Å². The van der Waals surface area contributed by atoms with Crippen molar-refractivity contribution in [1.29, 1.82) is 0 Å². The molecule has 5 nitrogen and oxygen atoms in total. The Morgan fingerprint density at radius 1 is 1.10 bits per heavy atom. The van der Waals surface area contributed by atoms with E-state index in [2.05, 4.69) is 5.32 Å². The van der Waals surface area contributed by atoms with Crippen LogP contribution in [0.4, 0.5) is 0 Å². The van der Waals surface area contributed by atoms with Crippen molar-refractivity contribution in [1.82, 2.24) is 10.2 Å². The van der Waals surface area contributed by atoms with Crippen LogP contribution in [0.15, 0.2) is 48.5 Å². The van der Waals surface area contributed by atoms with Crippen LogP contribution < -0.4 is 10.1 Å². The van der Waals surface area contributed by atoms with Gasteiger partial charge in [-0.2, -0.15) is 0 Å². The summed E-state index contributed by atoms with van der Waals surface area (Å²) < 4.78 is 5.62. The summed E-state index contributed by atoms with van der Waals surface area (Å²) in [4.78, 5) is 27.4. The van der Waals surface area contributed by atoms with Crippen molar-refractivity contribution in [2.75, 3.05) is 6.61 Å². The molecule has 1 atom stereocenters. The van der Waals surface area contributed by atoms with Gasteiger partial charge in [0, 0.05) is 17.6 Å². The molecule has 1 aliphatic carbocycles. The molecule has 1 aliphatic rings. The Kier molecular flexibility index (Phi) is 8.00. The van der Waals surface area contributed by atoms with Crippen LogP contribution in [0.3, 0.4) is 0 Å². The van der Waals surface area contributed by atoms with Crippen LogP contribution in [0.25, 0.3) is 0 Å². The number of hydrogen-bond acceptors (Lipinski definition) is 3. The van der Waals surface area contributed by atoms with E-state index < -0.39 is 6.04 Å². The Morgan fingerprint density at radius 2 is 1.77 bits per heavy atom. The lowest BCUT2D eigenvalue weighted by atomic mass is 10.1. The summed E-state index contributed by atoms with van der Waals surface area (Å²) in [5, 5.41) is 4.12. The average Bonchev–Trinajstić information content (AvgIpc) is 3.25. The maximum Gasteiger partial charge on any atom is 0.261 e. The third kappa shape index (κ3) is 6.13. The van der Waals surface area contributed by atoms with Crippen LogP contribution in [0, 0.1) is 0 Å². The molecule has 7 heteroatoms. The van der Waals surface area contributed by atoms with Crippen molar-refractivity contribution in [2.45, 2.75) is 51.2 Å². The molecule has 0 bridgehead atoms. The van der Waals surface area contributed by atoms with Gasteiger partial charge in [-0.15, -0.1) is 0 Å². The molecule has 0 radical (unpaired) electrons. The van der Waals surface area contributed by atoms with Crippen LogP contribution in [0.2, 0.25) is 10.0 Å². The van der Waals surface area contributed by atoms with E-state index >= 15 is 0 Å². The SMILES string of the molecule is C[C@@H](C(=O)NC1CCCC1)N(Cc1ccc(Cl)cc1)C(=O)COc1ccccc1Cl. The molecule has 0 unspecified atom stereocenters. The van der Waals surface area contributed by atoms with Gasteiger partial charge in [0.2, 0.25) is 5.91 Å². The van der Waals surface area contributed by atoms with Gasteiger partial charge in [0.25, 0.3) is 5.91 Å². The molecule has 2 aromatic carbocycles. The number of para-hydroxylation sites is 1. The number of benzene rings is 2. The maximum atomic E-state index is 13.0. The fraction of sp³-hybridized carbons (Fsp3) is 0.391. The summed E-state index contributed by atoms with van der Waals surface area (Å²) in [6.07, 6.45) is 4.22. The molecule has 0 saturated heterocycles. The van der Waals surface area contributed by atoms with E-state index in [0.717, 1.165) is 31.2 Å². The fourth-order valence-corrected chi connectivity index (χ4v) is 3.86. The van der Waals surface area contributed by atoms with Gasteiger partial charge in [0.05, 0.1) is 5.02 Å². The number of nitrogens with zero attached hydrogens (tertiary/aromatic N) is 1. The molecule has 1 fully saturated rings. The second kappa shape index (κ2) is 10.7. The lowest BCUT2D eigenvalue weighted by Gasteiger charge is -2.29. The molecule has 30 heavy (non-hydrogen) atoms. The Balaban J connectivity index is 1.71. The number of carbonyl (C=O) groups is 2. The summed E-state index contributed by atoms with van der Waals surface area (Å²) in [7, 11) is 0. The zero-order valence-electron chi connectivity index (χ0n) is 16.9. The molecule has 0 spiro atoms. The number of amides is 2. The molecule has 0 heterocycles. The van der Waals surface area contributed by atoms with Crippen molar-refractivity contribution in [3.05, 3.63) is 64.1 Å². The number of ether oxygens (including phenoxy) is 1. The zero-order chi connectivity index (χ0) is 21.5. The van der Waals surface area contributed by atoms with Crippen LogP contribution in [-0.2, 0) is 16.1 Å². The highest BCUT2D eigenvalue weighted by Gasteiger charge is 2.28. The number of nitrogens with one attached hydrogen (secondary N) is 1. The van der Waals surface area contributed by atoms with Crippen molar-refractivity contribution >= 4 is 35.0 Å². The van der Waals surface area contributed by atoms with Crippen LogP contribution >= 0.6 is 23.2 Å². The topological polar surface area (TPSA) is 58.6 Å². The van der Waals surface area contributed by atoms with E-state index in [1.54, 1.807) is 43.3 Å². The Labute approximate surface area is 187 Å². The van der Waals surface area contributed by atoms with E-state index in [9.17, 15) is 9.59 Å². The average molecular weight is 449 g/mol. The summed E-state index contributed by atoms with van der Waals surface area (Å²) in [6.45, 7) is 1.81. The van der Waals surface area contributed by atoms with Gasteiger partial charge in [-0.05, 0) is 49.6 Å². The number of rotatable bonds is 8. The highest BCUT2D eigenvalue weighted by atomic mass is 35.5. The van der Waals surface area contributed by atoms with E-state index in [1.165, 1.54) is 4.90 Å². The molecule has 2 amide bonds. The monoisotopic (exact) mass is 448 g/mol. The molecular weight excluding hydrogens is 423 g/mol. The number of carbonyl (C=O) groups excluding carboxylic acids is 2. The summed E-state index contributed by atoms with van der Waals surface area (Å²) in [5.74, 6) is -0.0112. The molecule has 0 aromatic heterocycles. The minimum atomic E-state index is -0.636. The van der Waals surface area contributed by atoms with E-state index in [0.29, 0.717) is 15.8 Å². The second-order valence-electron chi connectivity index (χ2n) is 7.53. The summed E-state index contributed by atoms with van der Waals surface area (Å²) >= 11 is 12.1. The first kappa shape index (κ1) is 22.4. The summed E-state index contributed by atoms with van der Waals surface area (Å²) in [6, 6.07) is 13.8. The van der Waals surface area contributed by atoms with Crippen molar-refractivity contribution in [3.8, 4) is 5.75 Å². The maximum absolute atomic E-state index is 13.0. The quantitative estimate of drug-likeness (QED) is 0.627. The molecule has 160 valence electrons. The largest absolute Gasteiger partial charge is 0.482 e. The van der Waals surface area contributed by atoms with E-state index in [1.807, 2.05) is 12.1 Å². The highest BCUT2D eigenvalue weighted by molar-refractivity contribution is 6.32. The molecule has 3 rings (SSSR count). The third-order valence-electron chi connectivity index (χ3n) is 5.32. The van der Waals surface area contributed by atoms with Gasteiger partial charge >= 0.3 is 0 Å². The lowest BCUT2D eigenvalue weighted by molar-refractivity contribution is -0.142. The van der Waals surface area contributed by atoms with Crippen molar-refractivity contribution in [2.24, 2.45) is 0 Å². The van der Waals surface area contributed by atoms with Gasteiger partial charge in [-0.1, -0.05) is 60.3 Å². The Hall–Kier alpha value is -2.24. The minimum Gasteiger partial charge on any atom is -0.482 e. The van der Waals surface area contributed by atoms with E-state index in [-0.39, 0.29) is 31.0 Å². The Morgan fingerprint density at radius 3 is 2.43 bits per heavy atom. The molecule has 1 saturated carbocycles. The highest BCUT2D eigenvalue weighted by Crippen LogP contribution is 2.23. The molecule has 1 N–H and O–H groups in total. The van der Waals surface area contributed by atoms with Gasteiger partial charge in [-0.3, -0.25) is 9.59 Å². The van der Waals surface area contributed by atoms with Gasteiger partial charge < -0.3 is 15.0 Å². The first-order chi connectivity index (χ1) is 14.4. The van der Waals surface area contributed by atoms with Crippen LogP contribution in [0.5, 0.6) is 5.75 Å². The van der Waals surface area contributed by atoms with E-state index in [4.69, 9.17) is 27.9 Å². The van der Waals surface area contributed by atoms with Gasteiger partial charge in [0.15, 0.2) is 6.61 Å². The second-order valence-corrected chi connectivity index (χ2v) is 8.38. The fourth-order valence-electron chi connectivity index (χ4n) is 3.55. The zero-order valence-corrected chi connectivity index (χ0v) is 18.5. The van der Waals surface area contributed by atoms with Gasteiger partial charge in [0.1, 0.15) is 11.8 Å². The van der Waals surface area contributed by atoms with Crippen molar-refractivity contribution < 1.29 is 14.3 Å². The predicted molar refractivity (Wildman–Crippen MR) is 119 cm³/mol. The first-order valence-corrected chi connectivity index (χ1v) is 10.9. The predicted octanol–water partition coefficient (Wildman–Crippen LogP) is 4.85. The standard InChI is InChI=1S/C23H26Cl2N2O3/c1-16(23(29)26-19-6-2-3-7-19)27(14-17-10-12-18(24)13-11-17)22(28)15-30-21-9-5-4-8-20(21)25/h4-5,8-13,16,19H,2-3,6-7,14-15H2,1H3,(H,26,29)/t16-/m0/s1. The molecule has 0 aliphatic heterocycles. The Bertz CT molecular complexity index is 867. The smallest absolute Gasteiger partial charge is 0.261 e. The lowest BCUT2D eigenvalue weighted by Crippen LogP contribution is -2.50. The number of halogens is 2. The van der Waals surface area contributed by atoms with Crippen molar-refractivity contribution in [3.63, 3.8) is 0 Å². The van der Waals surface area contributed by atoms with Gasteiger partial charge in [-0.25, -0.2) is 0 Å². The molecular formula is C23H26Cl2N2O3. The summed E-state index contributed by atoms with van der Waals surface area (Å²) in [5.41, 5.74) is 0.881. The first-order valence-electron chi connectivity index (χ1n) is 10.2.